The van der Waals surface area contributed by atoms with Crippen LogP contribution in [0.25, 0.3) is 11.7 Å². The lowest BCUT2D eigenvalue weighted by atomic mass is 10.2. The van der Waals surface area contributed by atoms with E-state index in [0.29, 0.717) is 39.7 Å². The minimum absolute atomic E-state index is 0.302. The number of carbonyl (C=O) groups excluding carboxylic acids is 1. The van der Waals surface area contributed by atoms with Crippen LogP contribution in [-0.4, -0.2) is 38.0 Å². The fourth-order valence-corrected chi connectivity index (χ4v) is 3.82. The fourth-order valence-electron chi connectivity index (χ4n) is 3.63. The van der Waals surface area contributed by atoms with Crippen molar-refractivity contribution in [3.8, 4) is 0 Å². The summed E-state index contributed by atoms with van der Waals surface area (Å²) in [6.45, 7) is 2.16. The molecule has 10 heteroatoms. The van der Waals surface area contributed by atoms with Crippen LogP contribution < -0.4 is 21.3 Å². The molecule has 1 aliphatic heterocycles. The van der Waals surface area contributed by atoms with Crippen molar-refractivity contribution in [3.63, 3.8) is 0 Å². The van der Waals surface area contributed by atoms with Crippen LogP contribution >= 0.6 is 11.6 Å². The molecule has 5 N–H and O–H groups in total. The molecule has 1 saturated heterocycles. The Morgan fingerprint density at radius 3 is 2.90 bits per heavy atom. The van der Waals surface area contributed by atoms with Crippen molar-refractivity contribution < 1.29 is 9.90 Å². The summed E-state index contributed by atoms with van der Waals surface area (Å²) in [5, 5.41) is 26.9. The van der Waals surface area contributed by atoms with Crippen molar-refractivity contribution in [1.82, 2.24) is 25.2 Å². The van der Waals surface area contributed by atoms with E-state index >= 15 is 0 Å². The molecule has 0 bridgehead atoms. The Morgan fingerprint density at radius 2 is 2.19 bits per heavy atom. The topological polar surface area (TPSA) is 116 Å². The van der Waals surface area contributed by atoms with Gasteiger partial charge in [-0.15, -0.1) is 0 Å². The van der Waals surface area contributed by atoms with Gasteiger partial charge in [0.05, 0.1) is 11.9 Å². The van der Waals surface area contributed by atoms with Crippen LogP contribution in [0.3, 0.4) is 0 Å². The van der Waals surface area contributed by atoms with Crippen LogP contribution in [0, 0.1) is 5.92 Å². The summed E-state index contributed by atoms with van der Waals surface area (Å²) in [6.07, 6.45) is 4.66. The number of anilines is 3. The molecule has 1 saturated carbocycles. The highest BCUT2D eigenvalue weighted by Gasteiger charge is 2.29. The minimum Gasteiger partial charge on any atom is -0.368 e. The Balaban J connectivity index is 1.56. The third kappa shape index (κ3) is 4.14. The molecular weight excluding hydrogens is 418 g/mol. The first kappa shape index (κ1) is 19.7. The molecule has 0 spiro atoms. The number of aliphatic hydroxyl groups excluding tert-OH is 1. The first-order valence-electron chi connectivity index (χ1n) is 10.1. The predicted octanol–water partition coefficient (Wildman–Crippen LogP) is 3.31. The van der Waals surface area contributed by atoms with E-state index in [1.165, 1.54) is 12.8 Å². The smallest absolute Gasteiger partial charge is 0.321 e. The molecule has 31 heavy (non-hydrogen) atoms. The molecule has 1 unspecified atom stereocenters. The summed E-state index contributed by atoms with van der Waals surface area (Å²) in [6, 6.07) is 9.16. The molecule has 5 rings (SSSR count). The summed E-state index contributed by atoms with van der Waals surface area (Å²) in [5.74, 6) is 2.07. The van der Waals surface area contributed by atoms with E-state index in [1.54, 1.807) is 16.8 Å². The van der Waals surface area contributed by atoms with Crippen molar-refractivity contribution in [2.45, 2.75) is 32.0 Å². The van der Waals surface area contributed by atoms with E-state index in [1.807, 2.05) is 30.3 Å². The van der Waals surface area contributed by atoms with Gasteiger partial charge in [0.25, 0.3) is 0 Å². The molecular formula is C21H22ClN7O2. The maximum atomic E-state index is 11.5. The number of halogens is 1. The number of aliphatic hydroxyl groups is 1. The average molecular weight is 440 g/mol. The van der Waals surface area contributed by atoms with Crippen molar-refractivity contribution in [2.24, 2.45) is 5.92 Å². The molecule has 1 aromatic carbocycles. The number of hydrogen-bond donors (Lipinski definition) is 5. The van der Waals surface area contributed by atoms with E-state index < -0.39 is 12.3 Å². The number of rotatable bonds is 6. The Hall–Kier alpha value is -3.30. The molecule has 1 aliphatic carbocycles. The number of amides is 2. The fraction of sp³-hybridized carbons (Fsp3) is 0.286. The number of fused-ring (bicyclic) bond motifs is 1. The number of nitrogens with zero attached hydrogens (tertiary/aromatic N) is 3. The highest BCUT2D eigenvalue weighted by molar-refractivity contribution is 6.30. The van der Waals surface area contributed by atoms with Crippen LogP contribution in [-0.2, 0) is 0 Å². The zero-order valence-electron chi connectivity index (χ0n) is 16.8. The number of urea groups is 1. The second-order valence-electron chi connectivity index (χ2n) is 7.87. The van der Waals surface area contributed by atoms with Crippen molar-refractivity contribution in [3.05, 3.63) is 52.8 Å². The molecule has 2 aromatic heterocycles. The van der Waals surface area contributed by atoms with Crippen LogP contribution in [0.15, 0.2) is 42.2 Å². The van der Waals surface area contributed by atoms with Crippen molar-refractivity contribution in [1.29, 1.82) is 0 Å². The molecule has 2 aliphatic rings. The average Bonchev–Trinajstić information content (AvgIpc) is 3.42. The van der Waals surface area contributed by atoms with Gasteiger partial charge in [-0.05, 0) is 50.0 Å². The first-order chi connectivity index (χ1) is 15.0. The predicted molar refractivity (Wildman–Crippen MR) is 119 cm³/mol. The maximum absolute atomic E-state index is 11.5. The number of aromatic nitrogens is 3. The van der Waals surface area contributed by atoms with E-state index in [4.69, 9.17) is 16.6 Å². The molecule has 3 aromatic rings. The van der Waals surface area contributed by atoms with Gasteiger partial charge in [-0.25, -0.2) is 9.78 Å². The molecule has 9 nitrogen and oxygen atoms in total. The van der Waals surface area contributed by atoms with E-state index in [-0.39, 0.29) is 0 Å². The Bertz CT molecular complexity index is 1190. The highest BCUT2D eigenvalue weighted by Crippen LogP contribution is 2.34. The highest BCUT2D eigenvalue weighted by atomic mass is 35.5. The first-order valence-corrected chi connectivity index (χ1v) is 10.5. The lowest BCUT2D eigenvalue weighted by molar-refractivity contribution is 0.192. The standard InChI is InChI=1S/C21H22ClN7O2/c1-11(12-5-6-12)24-18-9-17(25-15-4-2-3-14(22)8-15)27-19-13(10-23-29(18)19)7-16-20(30)28-21(31)26-16/h2-4,7-12,20,24,30H,5-6H2,1H3,(H,25,27)(H2,26,28,31)/b16-7-/t11-,20?/m0/s1. The van der Waals surface area contributed by atoms with Gasteiger partial charge in [0.2, 0.25) is 0 Å². The number of hydrogen-bond acceptors (Lipinski definition) is 6. The van der Waals surface area contributed by atoms with Gasteiger partial charge in [-0.2, -0.15) is 9.61 Å². The molecule has 160 valence electrons. The Morgan fingerprint density at radius 1 is 1.35 bits per heavy atom. The molecule has 2 amide bonds. The number of benzene rings is 1. The van der Waals surface area contributed by atoms with E-state index in [9.17, 15) is 9.90 Å². The third-order valence-electron chi connectivity index (χ3n) is 5.43. The third-order valence-corrected chi connectivity index (χ3v) is 5.67. The summed E-state index contributed by atoms with van der Waals surface area (Å²) in [5.41, 5.74) is 2.40. The van der Waals surface area contributed by atoms with Gasteiger partial charge < -0.3 is 26.4 Å². The molecule has 0 radical (unpaired) electrons. The van der Waals surface area contributed by atoms with Crippen LogP contribution in [0.2, 0.25) is 5.02 Å². The SMILES string of the molecule is C[C@H](Nc1cc(Nc2cccc(Cl)c2)nc2c(/C=C3\NC(=O)NC3O)cnn12)C1CC1. The largest absolute Gasteiger partial charge is 0.368 e. The van der Waals surface area contributed by atoms with Crippen molar-refractivity contribution in [2.75, 3.05) is 10.6 Å². The van der Waals surface area contributed by atoms with Crippen LogP contribution in [0.1, 0.15) is 25.3 Å². The second-order valence-corrected chi connectivity index (χ2v) is 8.30. The van der Waals surface area contributed by atoms with E-state index in [0.717, 1.165) is 11.5 Å². The zero-order chi connectivity index (χ0) is 21.5. The van der Waals surface area contributed by atoms with Crippen LogP contribution in [0.5, 0.6) is 0 Å². The van der Waals surface area contributed by atoms with Gasteiger partial charge in [0, 0.05) is 28.4 Å². The normalized spacial score (nSPS) is 20.5. The zero-order valence-corrected chi connectivity index (χ0v) is 17.5. The lowest BCUT2D eigenvalue weighted by Gasteiger charge is -2.17. The van der Waals surface area contributed by atoms with Crippen LogP contribution in [0.4, 0.5) is 22.1 Å². The summed E-state index contributed by atoms with van der Waals surface area (Å²) < 4.78 is 1.73. The van der Waals surface area contributed by atoms with Gasteiger partial charge in [0.1, 0.15) is 11.6 Å². The summed E-state index contributed by atoms with van der Waals surface area (Å²) in [7, 11) is 0. The number of carbonyl (C=O) groups is 1. The van der Waals surface area contributed by atoms with Crippen molar-refractivity contribution >= 4 is 46.7 Å². The molecule has 2 fully saturated rings. The van der Waals surface area contributed by atoms with Gasteiger partial charge in [-0.3, -0.25) is 0 Å². The Labute approximate surface area is 183 Å². The van der Waals surface area contributed by atoms with E-state index in [2.05, 4.69) is 33.3 Å². The van der Waals surface area contributed by atoms with Gasteiger partial charge in [-0.1, -0.05) is 17.7 Å². The monoisotopic (exact) mass is 439 g/mol. The second kappa shape index (κ2) is 7.75. The lowest BCUT2D eigenvalue weighted by Crippen LogP contribution is -2.25. The summed E-state index contributed by atoms with van der Waals surface area (Å²) in [4.78, 5) is 16.2. The number of nitrogens with one attached hydrogen (secondary N) is 4. The van der Waals surface area contributed by atoms with Gasteiger partial charge in [0.15, 0.2) is 11.9 Å². The van der Waals surface area contributed by atoms with Gasteiger partial charge >= 0.3 is 6.03 Å². The Kier molecular flexibility index (Phi) is 4.91. The molecule has 3 heterocycles. The minimum atomic E-state index is -1.09. The quantitative estimate of drug-likeness (QED) is 0.402. The maximum Gasteiger partial charge on any atom is 0.321 e. The molecule has 2 atom stereocenters. The summed E-state index contributed by atoms with van der Waals surface area (Å²) >= 11 is 6.12.